The third-order valence-electron chi connectivity index (χ3n) is 5.05. The van der Waals surface area contributed by atoms with E-state index in [1.807, 2.05) is 0 Å². The lowest BCUT2D eigenvalue weighted by molar-refractivity contribution is 0.171. The Morgan fingerprint density at radius 1 is 1.19 bits per heavy atom. The SMILES string of the molecule is CCCNCC1CCC(CC)CC1Cc1cccc(Br)c1. The van der Waals surface area contributed by atoms with Crippen molar-refractivity contribution in [2.45, 2.75) is 52.4 Å². The lowest BCUT2D eigenvalue weighted by Gasteiger charge is -2.36. The van der Waals surface area contributed by atoms with Crippen molar-refractivity contribution in [3.05, 3.63) is 34.3 Å². The van der Waals surface area contributed by atoms with Gasteiger partial charge in [0.15, 0.2) is 0 Å². The van der Waals surface area contributed by atoms with E-state index in [0.29, 0.717) is 0 Å². The van der Waals surface area contributed by atoms with Crippen LogP contribution in [0.1, 0.15) is 51.5 Å². The molecule has 21 heavy (non-hydrogen) atoms. The van der Waals surface area contributed by atoms with Gasteiger partial charge in [0.1, 0.15) is 0 Å². The summed E-state index contributed by atoms with van der Waals surface area (Å²) in [5.74, 6) is 2.66. The van der Waals surface area contributed by atoms with E-state index < -0.39 is 0 Å². The van der Waals surface area contributed by atoms with E-state index >= 15 is 0 Å². The second kappa shape index (κ2) is 8.95. The van der Waals surface area contributed by atoms with Gasteiger partial charge in [-0.1, -0.05) is 54.8 Å². The zero-order valence-electron chi connectivity index (χ0n) is 13.6. The van der Waals surface area contributed by atoms with E-state index in [9.17, 15) is 0 Å². The summed E-state index contributed by atoms with van der Waals surface area (Å²) >= 11 is 3.61. The third-order valence-corrected chi connectivity index (χ3v) is 5.54. The van der Waals surface area contributed by atoms with Gasteiger partial charge in [0.2, 0.25) is 0 Å². The van der Waals surface area contributed by atoms with Crippen LogP contribution < -0.4 is 5.32 Å². The molecule has 1 aliphatic rings. The van der Waals surface area contributed by atoms with Crippen LogP contribution in [0.2, 0.25) is 0 Å². The highest BCUT2D eigenvalue weighted by atomic mass is 79.9. The first-order valence-corrected chi connectivity index (χ1v) is 9.47. The van der Waals surface area contributed by atoms with Crippen molar-refractivity contribution < 1.29 is 0 Å². The van der Waals surface area contributed by atoms with Gasteiger partial charge in [-0.25, -0.2) is 0 Å². The van der Waals surface area contributed by atoms with Crippen LogP contribution in [0, 0.1) is 17.8 Å². The van der Waals surface area contributed by atoms with Crippen LogP contribution in [0.3, 0.4) is 0 Å². The topological polar surface area (TPSA) is 12.0 Å². The van der Waals surface area contributed by atoms with Crippen molar-refractivity contribution in [2.24, 2.45) is 17.8 Å². The summed E-state index contributed by atoms with van der Waals surface area (Å²) in [6.45, 7) is 6.98. The van der Waals surface area contributed by atoms with Crippen molar-refractivity contribution in [3.8, 4) is 0 Å². The van der Waals surface area contributed by atoms with Gasteiger partial charge >= 0.3 is 0 Å². The van der Waals surface area contributed by atoms with Crippen LogP contribution in [0.4, 0.5) is 0 Å². The van der Waals surface area contributed by atoms with Crippen LogP contribution in [0.5, 0.6) is 0 Å². The second-order valence-corrected chi connectivity index (χ2v) is 7.56. The minimum atomic E-state index is 0.849. The van der Waals surface area contributed by atoms with E-state index in [-0.39, 0.29) is 0 Å². The molecule has 3 unspecified atom stereocenters. The van der Waals surface area contributed by atoms with Gasteiger partial charge in [0, 0.05) is 4.47 Å². The van der Waals surface area contributed by atoms with Gasteiger partial charge in [-0.2, -0.15) is 0 Å². The number of benzene rings is 1. The first kappa shape index (κ1) is 17.0. The van der Waals surface area contributed by atoms with Crippen molar-refractivity contribution in [2.75, 3.05) is 13.1 Å². The molecule has 1 aromatic carbocycles. The number of rotatable bonds is 7. The van der Waals surface area contributed by atoms with Crippen LogP contribution in [-0.2, 0) is 6.42 Å². The first-order chi connectivity index (χ1) is 10.2. The van der Waals surface area contributed by atoms with Crippen LogP contribution in [0.15, 0.2) is 28.7 Å². The number of hydrogen-bond donors (Lipinski definition) is 1. The Labute approximate surface area is 139 Å². The van der Waals surface area contributed by atoms with Crippen LogP contribution in [-0.4, -0.2) is 13.1 Å². The van der Waals surface area contributed by atoms with Crippen molar-refractivity contribution >= 4 is 15.9 Å². The number of halogens is 1. The fraction of sp³-hybridized carbons (Fsp3) is 0.684. The average Bonchev–Trinajstić information content (AvgIpc) is 2.49. The molecule has 0 bridgehead atoms. The van der Waals surface area contributed by atoms with E-state index in [0.717, 1.165) is 24.3 Å². The Morgan fingerprint density at radius 3 is 2.76 bits per heavy atom. The van der Waals surface area contributed by atoms with Gasteiger partial charge in [-0.05, 0) is 74.2 Å². The van der Waals surface area contributed by atoms with Crippen LogP contribution in [0.25, 0.3) is 0 Å². The van der Waals surface area contributed by atoms with Crippen molar-refractivity contribution in [1.82, 2.24) is 5.32 Å². The molecule has 1 N–H and O–H groups in total. The van der Waals surface area contributed by atoms with Gasteiger partial charge in [0.05, 0.1) is 0 Å². The molecule has 2 rings (SSSR count). The van der Waals surface area contributed by atoms with Gasteiger partial charge in [0.25, 0.3) is 0 Å². The lowest BCUT2D eigenvalue weighted by Crippen LogP contribution is -2.34. The maximum atomic E-state index is 3.66. The molecule has 1 nitrogen and oxygen atoms in total. The Morgan fingerprint density at radius 2 is 2.05 bits per heavy atom. The maximum Gasteiger partial charge on any atom is 0.0177 e. The summed E-state index contributed by atoms with van der Waals surface area (Å²) in [7, 11) is 0. The summed E-state index contributed by atoms with van der Waals surface area (Å²) in [6.07, 6.45) is 8.10. The molecule has 0 saturated heterocycles. The van der Waals surface area contributed by atoms with Crippen molar-refractivity contribution in [3.63, 3.8) is 0 Å². The van der Waals surface area contributed by atoms with Crippen molar-refractivity contribution in [1.29, 1.82) is 0 Å². The second-order valence-electron chi connectivity index (χ2n) is 6.65. The van der Waals surface area contributed by atoms with E-state index in [1.54, 1.807) is 0 Å². The molecule has 1 aromatic rings. The number of nitrogens with one attached hydrogen (secondary N) is 1. The summed E-state index contributed by atoms with van der Waals surface area (Å²) in [5.41, 5.74) is 1.49. The predicted molar refractivity (Wildman–Crippen MR) is 95.6 cm³/mol. The molecule has 0 heterocycles. The molecule has 1 aliphatic carbocycles. The standard InChI is InChI=1S/C19H30BrN/c1-3-10-21-14-17-9-8-15(4-2)11-18(17)12-16-6-5-7-19(20)13-16/h5-7,13,15,17-18,21H,3-4,8-12,14H2,1-2H3. The highest BCUT2D eigenvalue weighted by molar-refractivity contribution is 9.10. The highest BCUT2D eigenvalue weighted by Crippen LogP contribution is 2.37. The molecule has 1 fully saturated rings. The zero-order valence-corrected chi connectivity index (χ0v) is 15.2. The fourth-order valence-corrected chi connectivity index (χ4v) is 4.19. The predicted octanol–water partition coefficient (Wildman–Crippen LogP) is 5.43. The minimum absolute atomic E-state index is 0.849. The molecular weight excluding hydrogens is 322 g/mol. The van der Waals surface area contributed by atoms with E-state index in [4.69, 9.17) is 0 Å². The summed E-state index contributed by atoms with van der Waals surface area (Å²) in [6, 6.07) is 8.88. The van der Waals surface area contributed by atoms with Crippen LogP contribution >= 0.6 is 15.9 Å². The zero-order chi connectivity index (χ0) is 15.1. The third kappa shape index (κ3) is 5.41. The quantitative estimate of drug-likeness (QED) is 0.645. The summed E-state index contributed by atoms with van der Waals surface area (Å²) in [5, 5.41) is 3.66. The Kier molecular flexibility index (Phi) is 7.25. The van der Waals surface area contributed by atoms with E-state index in [2.05, 4.69) is 59.4 Å². The minimum Gasteiger partial charge on any atom is -0.316 e. The molecule has 0 radical (unpaired) electrons. The van der Waals surface area contributed by atoms with E-state index in [1.165, 1.54) is 55.1 Å². The molecular formula is C19H30BrN. The Hall–Kier alpha value is -0.340. The molecule has 0 spiro atoms. The summed E-state index contributed by atoms with van der Waals surface area (Å²) in [4.78, 5) is 0. The average molecular weight is 352 g/mol. The smallest absolute Gasteiger partial charge is 0.0177 e. The maximum absolute atomic E-state index is 3.66. The Balaban J connectivity index is 1.98. The molecule has 118 valence electrons. The van der Waals surface area contributed by atoms with Gasteiger partial charge in [-0.15, -0.1) is 0 Å². The largest absolute Gasteiger partial charge is 0.316 e. The fourth-order valence-electron chi connectivity index (χ4n) is 3.74. The monoisotopic (exact) mass is 351 g/mol. The molecule has 2 heteroatoms. The Bertz CT molecular complexity index is 416. The number of hydrogen-bond acceptors (Lipinski definition) is 1. The summed E-state index contributed by atoms with van der Waals surface area (Å²) < 4.78 is 1.21. The molecule has 1 saturated carbocycles. The normalized spacial score (nSPS) is 26.0. The lowest BCUT2D eigenvalue weighted by atomic mass is 9.71. The van der Waals surface area contributed by atoms with Gasteiger partial charge < -0.3 is 5.32 Å². The highest BCUT2D eigenvalue weighted by Gasteiger charge is 2.29. The molecule has 0 amide bonds. The molecule has 3 atom stereocenters. The molecule has 0 aromatic heterocycles. The molecule has 0 aliphatic heterocycles. The first-order valence-electron chi connectivity index (χ1n) is 8.68. The van der Waals surface area contributed by atoms with Gasteiger partial charge in [-0.3, -0.25) is 0 Å².